The molecule has 3 atom stereocenters. The number of nitrogens with one attached hydrogen (secondary N) is 2. The molecule has 2 amide bonds. The molecule has 0 spiro atoms. The summed E-state index contributed by atoms with van der Waals surface area (Å²) in [5.41, 5.74) is 1.38. The average Bonchev–Trinajstić information content (AvgIpc) is 2.82. The van der Waals surface area contributed by atoms with Crippen LogP contribution in [-0.4, -0.2) is 77.6 Å². The number of hydrogen-bond acceptors (Lipinski definition) is 5. The number of piperazine rings is 1. The second-order valence-electron chi connectivity index (χ2n) is 9.94. The molecule has 1 saturated heterocycles. The number of unbranched alkanes of at least 4 members (excludes halogenated alkanes) is 1. The van der Waals surface area contributed by atoms with Gasteiger partial charge in [0.15, 0.2) is 0 Å². The molecule has 0 aromatic heterocycles. The first-order valence-electron chi connectivity index (χ1n) is 13.0. The highest BCUT2D eigenvalue weighted by molar-refractivity contribution is 14.1. The zero-order valence-electron chi connectivity index (χ0n) is 21.9. The monoisotopic (exact) mass is 642 g/mol. The molecule has 208 valence electrons. The van der Waals surface area contributed by atoms with E-state index in [-0.39, 0.29) is 43.9 Å². The van der Waals surface area contributed by atoms with Gasteiger partial charge in [-0.3, -0.25) is 14.5 Å². The lowest BCUT2D eigenvalue weighted by Crippen LogP contribution is -2.58. The van der Waals surface area contributed by atoms with E-state index in [9.17, 15) is 23.5 Å². The van der Waals surface area contributed by atoms with Crippen molar-refractivity contribution in [2.24, 2.45) is 0 Å². The number of halogens is 3. The fraction of sp³-hybridized carbons (Fsp3) is 0.500. The lowest BCUT2D eigenvalue weighted by molar-refractivity contribution is -0.140. The summed E-state index contributed by atoms with van der Waals surface area (Å²) in [6.45, 7) is 6.17. The molecular formula is C28H37F2IN4O3. The predicted molar refractivity (Wildman–Crippen MR) is 151 cm³/mol. The Hall–Kier alpha value is -2.15. The van der Waals surface area contributed by atoms with Crippen molar-refractivity contribution in [3.05, 3.63) is 68.8 Å². The topological polar surface area (TPSA) is 84.9 Å². The molecule has 0 bridgehead atoms. The second-order valence-corrected chi connectivity index (χ2v) is 11.2. The zero-order valence-corrected chi connectivity index (χ0v) is 24.1. The molecule has 1 heterocycles. The van der Waals surface area contributed by atoms with Crippen LogP contribution in [0.2, 0.25) is 0 Å². The molecule has 2 aromatic carbocycles. The van der Waals surface area contributed by atoms with Crippen LogP contribution in [0.3, 0.4) is 0 Å². The number of benzene rings is 2. The Bertz CT molecular complexity index is 1070. The zero-order chi connectivity index (χ0) is 27.7. The Morgan fingerprint density at radius 2 is 1.92 bits per heavy atom. The van der Waals surface area contributed by atoms with Gasteiger partial charge >= 0.3 is 0 Å². The van der Waals surface area contributed by atoms with Crippen LogP contribution in [0.5, 0.6) is 0 Å². The van der Waals surface area contributed by atoms with Crippen LogP contribution in [-0.2, 0) is 22.6 Å². The van der Waals surface area contributed by atoms with Crippen LogP contribution in [0.4, 0.5) is 8.78 Å². The number of carbonyl (C=O) groups is 2. The van der Waals surface area contributed by atoms with Crippen LogP contribution >= 0.6 is 22.6 Å². The molecule has 0 unspecified atom stereocenters. The molecule has 0 saturated carbocycles. The van der Waals surface area contributed by atoms with E-state index in [1.807, 2.05) is 36.1 Å². The van der Waals surface area contributed by atoms with Gasteiger partial charge in [0, 0.05) is 41.9 Å². The van der Waals surface area contributed by atoms with Crippen LogP contribution < -0.4 is 10.6 Å². The van der Waals surface area contributed by atoms with Crippen molar-refractivity contribution in [2.45, 2.75) is 57.8 Å². The van der Waals surface area contributed by atoms with Crippen LogP contribution in [0.1, 0.15) is 37.8 Å². The second kappa shape index (κ2) is 14.9. The first-order valence-corrected chi connectivity index (χ1v) is 14.1. The van der Waals surface area contributed by atoms with E-state index < -0.39 is 23.8 Å². The molecule has 2 aromatic rings. The fourth-order valence-electron chi connectivity index (χ4n) is 4.73. The number of nitrogens with zero attached hydrogens (tertiary/aromatic N) is 2. The maximum Gasteiger partial charge on any atom is 0.237 e. The molecule has 10 heteroatoms. The molecule has 3 N–H and O–H groups in total. The Kier molecular flexibility index (Phi) is 11.9. The van der Waals surface area contributed by atoms with Gasteiger partial charge in [-0.15, -0.1) is 0 Å². The summed E-state index contributed by atoms with van der Waals surface area (Å²) in [6, 6.07) is 10.3. The fourth-order valence-corrected chi connectivity index (χ4v) is 5.34. The van der Waals surface area contributed by atoms with Crippen molar-refractivity contribution >= 4 is 34.4 Å². The van der Waals surface area contributed by atoms with Crippen molar-refractivity contribution in [3.63, 3.8) is 0 Å². The van der Waals surface area contributed by atoms with Gasteiger partial charge in [-0.2, -0.15) is 0 Å². The maximum atomic E-state index is 13.8. The smallest absolute Gasteiger partial charge is 0.237 e. The third kappa shape index (κ3) is 9.55. The van der Waals surface area contributed by atoms with Crippen molar-refractivity contribution in [2.75, 3.05) is 32.7 Å². The molecule has 3 rings (SSSR count). The quantitative estimate of drug-likeness (QED) is 0.293. The number of aliphatic hydroxyl groups excluding tert-OH is 1. The summed E-state index contributed by atoms with van der Waals surface area (Å²) in [5.74, 6) is -1.79. The summed E-state index contributed by atoms with van der Waals surface area (Å²) in [5, 5.41) is 17.0. The van der Waals surface area contributed by atoms with Crippen molar-refractivity contribution < 1.29 is 23.5 Å². The molecule has 1 fully saturated rings. The molecule has 0 aliphatic carbocycles. The first-order chi connectivity index (χ1) is 18.1. The largest absolute Gasteiger partial charge is 0.390 e. The van der Waals surface area contributed by atoms with Crippen molar-refractivity contribution in [1.82, 2.24) is 20.4 Å². The van der Waals surface area contributed by atoms with Crippen LogP contribution in [0.15, 0.2) is 42.5 Å². The van der Waals surface area contributed by atoms with E-state index in [4.69, 9.17) is 0 Å². The van der Waals surface area contributed by atoms with E-state index >= 15 is 0 Å². The molecule has 1 aliphatic rings. The number of carbonyl (C=O) groups excluding carboxylic acids is 2. The maximum absolute atomic E-state index is 13.8. The Morgan fingerprint density at radius 3 is 2.58 bits per heavy atom. The van der Waals surface area contributed by atoms with Crippen molar-refractivity contribution in [3.8, 4) is 0 Å². The minimum absolute atomic E-state index is 0.00231. The summed E-state index contributed by atoms with van der Waals surface area (Å²) < 4.78 is 28.7. The lowest BCUT2D eigenvalue weighted by Gasteiger charge is -2.39. The minimum atomic E-state index is -1.01. The molecule has 7 nitrogen and oxygen atoms in total. The van der Waals surface area contributed by atoms with Gasteiger partial charge in [0.05, 0.1) is 25.2 Å². The minimum Gasteiger partial charge on any atom is -0.390 e. The van der Waals surface area contributed by atoms with E-state index in [1.54, 1.807) is 4.90 Å². The van der Waals surface area contributed by atoms with Gasteiger partial charge in [-0.05, 0) is 77.7 Å². The standard InChI is InChI=1S/C28H37F2IN4O3/c1-3-4-8-35-19(2)16-34(18-28(35)38)17-27(37)33-25(12-21-9-22(29)13-23(30)10-21)26(36)15-32-14-20-6-5-7-24(31)11-20/h5-7,9-11,13,19,25-26,32,36H,3-4,8,12,14-18H2,1-2H3,(H,33,37)/t19-,25-,26-/m0/s1. The third-order valence-corrected chi connectivity index (χ3v) is 7.28. The number of amides is 2. The van der Waals surface area contributed by atoms with Gasteiger partial charge in [-0.1, -0.05) is 25.5 Å². The van der Waals surface area contributed by atoms with Crippen LogP contribution in [0.25, 0.3) is 0 Å². The Labute approximate surface area is 237 Å². The summed E-state index contributed by atoms with van der Waals surface area (Å²) in [6.07, 6.45) is 0.974. The normalized spacial score (nSPS) is 17.9. The van der Waals surface area contributed by atoms with Gasteiger partial charge in [0.2, 0.25) is 11.8 Å². The van der Waals surface area contributed by atoms with Crippen molar-refractivity contribution in [1.29, 1.82) is 0 Å². The summed E-state index contributed by atoms with van der Waals surface area (Å²) >= 11 is 2.23. The lowest BCUT2D eigenvalue weighted by atomic mass is 10.0. The van der Waals surface area contributed by atoms with E-state index in [1.165, 1.54) is 12.1 Å². The molecule has 1 aliphatic heterocycles. The third-order valence-electron chi connectivity index (χ3n) is 6.61. The molecular weight excluding hydrogens is 605 g/mol. The van der Waals surface area contributed by atoms with E-state index in [0.29, 0.717) is 25.2 Å². The SMILES string of the molecule is CCCCN1C(=O)CN(CC(=O)N[C@@H](Cc2cc(F)cc(F)c2)[C@@H](O)CNCc2cccc(I)c2)C[C@@H]1C. The first kappa shape index (κ1) is 30.4. The van der Waals surface area contributed by atoms with Gasteiger partial charge in [0.1, 0.15) is 11.6 Å². The highest BCUT2D eigenvalue weighted by Gasteiger charge is 2.31. The Balaban J connectivity index is 1.62. The van der Waals surface area contributed by atoms with Gasteiger partial charge in [-0.25, -0.2) is 8.78 Å². The van der Waals surface area contributed by atoms with Gasteiger partial charge in [0.25, 0.3) is 0 Å². The number of rotatable bonds is 13. The molecule has 38 heavy (non-hydrogen) atoms. The summed E-state index contributed by atoms with van der Waals surface area (Å²) in [4.78, 5) is 29.3. The van der Waals surface area contributed by atoms with Gasteiger partial charge < -0.3 is 20.6 Å². The summed E-state index contributed by atoms with van der Waals surface area (Å²) in [7, 11) is 0. The number of hydrogen-bond donors (Lipinski definition) is 3. The predicted octanol–water partition coefficient (Wildman–Crippen LogP) is 3.08. The highest BCUT2D eigenvalue weighted by atomic mass is 127. The average molecular weight is 643 g/mol. The Morgan fingerprint density at radius 1 is 1.18 bits per heavy atom. The number of aliphatic hydroxyl groups is 1. The van der Waals surface area contributed by atoms with E-state index in [2.05, 4.69) is 40.1 Å². The van der Waals surface area contributed by atoms with E-state index in [0.717, 1.165) is 28.0 Å². The van der Waals surface area contributed by atoms with Crippen LogP contribution in [0, 0.1) is 15.2 Å². The highest BCUT2D eigenvalue weighted by Crippen LogP contribution is 2.14. The molecule has 0 radical (unpaired) electrons.